The number of carbonyl (C=O) groups is 1. The highest BCUT2D eigenvalue weighted by atomic mass is 31.2. The molecule has 0 aliphatic rings. The molecule has 192 valence electrons. The molecular weight excluding hydrogens is 441 g/mol. The van der Waals surface area contributed by atoms with E-state index < -0.39 is 7.60 Å². The van der Waals surface area contributed by atoms with E-state index in [1.165, 1.54) is 0 Å². The van der Waals surface area contributed by atoms with E-state index in [1.54, 1.807) is 14.2 Å². The summed E-state index contributed by atoms with van der Waals surface area (Å²) in [5.41, 5.74) is 0. The van der Waals surface area contributed by atoms with Crippen LogP contribution in [0, 0.1) is 0 Å². The number of rotatable bonds is 24. The van der Waals surface area contributed by atoms with E-state index in [-0.39, 0.29) is 18.6 Å². The van der Waals surface area contributed by atoms with E-state index in [4.69, 9.17) is 23.7 Å². The number of ether oxygens (including phenoxy) is 5. The van der Waals surface area contributed by atoms with Crippen LogP contribution in [0.5, 0.6) is 0 Å². The summed E-state index contributed by atoms with van der Waals surface area (Å²) in [5.74, 6) is 0.0247. The number of unbranched alkanes of at least 4 members (excludes halogenated alkanes) is 4. The van der Waals surface area contributed by atoms with E-state index in [2.05, 4.69) is 9.84 Å². The molecule has 0 aromatic carbocycles. The van der Waals surface area contributed by atoms with Crippen molar-refractivity contribution >= 4 is 13.5 Å². The summed E-state index contributed by atoms with van der Waals surface area (Å²) in [6.07, 6.45) is 5.37. The van der Waals surface area contributed by atoms with E-state index in [9.17, 15) is 14.3 Å². The fourth-order valence-corrected chi connectivity index (χ4v) is 3.09. The zero-order valence-electron chi connectivity index (χ0n) is 20.0. The smallest absolute Gasteiger partial charge is 0.219 e. The minimum absolute atomic E-state index is 0.0247. The van der Waals surface area contributed by atoms with E-state index in [0.29, 0.717) is 72.1 Å². The van der Waals surface area contributed by atoms with Crippen molar-refractivity contribution in [3.8, 4) is 0 Å². The Morgan fingerprint density at radius 1 is 0.844 bits per heavy atom. The van der Waals surface area contributed by atoms with Crippen LogP contribution >= 0.6 is 7.60 Å². The molecule has 0 saturated carbocycles. The topological polar surface area (TPSA) is 125 Å². The zero-order valence-corrected chi connectivity index (χ0v) is 20.9. The summed E-state index contributed by atoms with van der Waals surface area (Å²) in [4.78, 5) is 22.6. The van der Waals surface area contributed by atoms with Gasteiger partial charge in [-0.3, -0.25) is 4.79 Å². The molecule has 0 fully saturated rings. The first-order valence-corrected chi connectivity index (χ1v) is 13.3. The van der Waals surface area contributed by atoms with Gasteiger partial charge in [-0.25, -0.2) is 0 Å². The molecule has 0 heterocycles. The van der Waals surface area contributed by atoms with Gasteiger partial charge in [-0.2, -0.15) is 0 Å². The predicted octanol–water partition coefficient (Wildman–Crippen LogP) is 1.74. The maximum Gasteiger partial charge on any atom is 0.219 e. The van der Waals surface area contributed by atoms with E-state index in [0.717, 1.165) is 32.3 Å². The van der Waals surface area contributed by atoms with Gasteiger partial charge in [0.25, 0.3) is 0 Å². The molecule has 0 saturated heterocycles. The molecule has 0 rings (SSSR count). The van der Waals surface area contributed by atoms with Gasteiger partial charge in [-0.05, 0) is 25.7 Å². The van der Waals surface area contributed by atoms with Crippen LogP contribution in [0.3, 0.4) is 0 Å². The van der Waals surface area contributed by atoms with Gasteiger partial charge < -0.3 is 43.0 Å². The lowest BCUT2D eigenvalue weighted by molar-refractivity contribution is -0.196. The summed E-state index contributed by atoms with van der Waals surface area (Å²) >= 11 is 0. The minimum Gasteiger partial charge on any atom is -0.779 e. The average molecular weight is 485 g/mol. The fraction of sp³-hybridized carbons (Fsp3) is 0.952. The highest BCUT2D eigenvalue weighted by Crippen LogP contribution is 2.30. The Morgan fingerprint density at radius 3 is 2.16 bits per heavy atom. The minimum atomic E-state index is -3.65. The van der Waals surface area contributed by atoms with Gasteiger partial charge in [0.05, 0.1) is 46.2 Å². The summed E-state index contributed by atoms with van der Waals surface area (Å²) in [6.45, 7) is 5.40. The lowest BCUT2D eigenvalue weighted by Gasteiger charge is -2.18. The molecule has 0 aliphatic heterocycles. The van der Waals surface area contributed by atoms with Crippen LogP contribution in [0.25, 0.3) is 0 Å². The number of amides is 1. The molecule has 0 bridgehead atoms. The molecule has 10 nitrogen and oxygen atoms in total. The van der Waals surface area contributed by atoms with Gasteiger partial charge in [-0.15, -0.1) is 0 Å². The Labute approximate surface area is 193 Å². The number of hydrogen-bond donors (Lipinski definition) is 1. The van der Waals surface area contributed by atoms with Crippen molar-refractivity contribution in [1.82, 2.24) is 5.32 Å². The normalized spacial score (nSPS) is 14.2. The van der Waals surface area contributed by atoms with Crippen LogP contribution in [0.1, 0.15) is 44.9 Å². The van der Waals surface area contributed by atoms with Crippen molar-refractivity contribution in [2.24, 2.45) is 0 Å². The zero-order chi connectivity index (χ0) is 23.9. The molecule has 32 heavy (non-hydrogen) atoms. The number of hydrogen-bond acceptors (Lipinski definition) is 9. The standard InChI is InChI=1S/C21H44NO9P/c1-26-14-16-29-19-20(30-17-15-27-2)18-28-12-8-5-4-6-10-21(23)22-11-7-9-13-31-32(3,24)25/h20H,4-19H2,1-3H3,(H,22,23)(H,24,25)/p-1. The van der Waals surface area contributed by atoms with E-state index >= 15 is 0 Å². The maximum absolute atomic E-state index is 11.8. The molecule has 0 radical (unpaired) electrons. The van der Waals surface area contributed by atoms with Crippen LogP contribution in [0.15, 0.2) is 0 Å². The van der Waals surface area contributed by atoms with Crippen molar-refractivity contribution in [1.29, 1.82) is 0 Å². The second-order valence-corrected chi connectivity index (χ2v) is 9.25. The molecular formula is C21H43NO9P-. The SMILES string of the molecule is COCCOCC(COCCCCCCC(=O)NCCCCOP(C)(=O)[O-])OCCOC. The number of methoxy groups -OCH3 is 2. The molecule has 0 aromatic heterocycles. The Kier molecular flexibility index (Phi) is 21.8. The van der Waals surface area contributed by atoms with Crippen LogP contribution < -0.4 is 10.2 Å². The van der Waals surface area contributed by atoms with Gasteiger partial charge in [0.1, 0.15) is 13.7 Å². The summed E-state index contributed by atoms with van der Waals surface area (Å²) < 4.78 is 42.4. The predicted molar refractivity (Wildman–Crippen MR) is 120 cm³/mol. The second kappa shape index (κ2) is 22.2. The first kappa shape index (κ1) is 31.4. The molecule has 1 N–H and O–H groups in total. The monoisotopic (exact) mass is 484 g/mol. The third-order valence-corrected chi connectivity index (χ3v) is 4.99. The third kappa shape index (κ3) is 24.1. The molecule has 2 atom stereocenters. The molecule has 11 heteroatoms. The van der Waals surface area contributed by atoms with Gasteiger partial charge in [0, 0.05) is 40.5 Å². The Morgan fingerprint density at radius 2 is 1.47 bits per heavy atom. The Hall–Kier alpha value is -0.580. The number of carbonyl (C=O) groups excluding carboxylic acids is 1. The van der Waals surface area contributed by atoms with Crippen molar-refractivity contribution in [2.75, 3.05) is 80.3 Å². The van der Waals surface area contributed by atoms with Crippen molar-refractivity contribution in [2.45, 2.75) is 51.0 Å². The summed E-state index contributed by atoms with van der Waals surface area (Å²) in [7, 11) is -0.381. The van der Waals surface area contributed by atoms with Gasteiger partial charge >= 0.3 is 0 Å². The fourth-order valence-electron chi connectivity index (χ4n) is 2.63. The third-order valence-electron chi connectivity index (χ3n) is 4.34. The van der Waals surface area contributed by atoms with Gasteiger partial charge in [0.15, 0.2) is 0 Å². The molecule has 0 spiro atoms. The average Bonchev–Trinajstić information content (AvgIpc) is 2.74. The molecule has 0 aromatic rings. The second-order valence-electron chi connectivity index (χ2n) is 7.45. The van der Waals surface area contributed by atoms with E-state index in [1.807, 2.05) is 0 Å². The highest BCUT2D eigenvalue weighted by Gasteiger charge is 2.10. The van der Waals surface area contributed by atoms with Crippen LogP contribution in [0.4, 0.5) is 0 Å². The molecule has 0 aliphatic carbocycles. The Bertz CT molecular complexity index is 476. The first-order valence-electron chi connectivity index (χ1n) is 11.3. The molecule has 1 amide bonds. The van der Waals surface area contributed by atoms with Gasteiger partial charge in [0.2, 0.25) is 5.91 Å². The van der Waals surface area contributed by atoms with Crippen molar-refractivity contribution < 1.29 is 42.5 Å². The maximum atomic E-state index is 11.8. The summed E-state index contributed by atoms with van der Waals surface area (Å²) in [6, 6.07) is 0. The van der Waals surface area contributed by atoms with Crippen LogP contribution in [0.2, 0.25) is 0 Å². The summed E-state index contributed by atoms with van der Waals surface area (Å²) in [5, 5.41) is 2.84. The van der Waals surface area contributed by atoms with Crippen molar-refractivity contribution in [3.05, 3.63) is 0 Å². The lowest BCUT2D eigenvalue weighted by Crippen LogP contribution is -2.28. The quantitative estimate of drug-likeness (QED) is 0.161. The first-order chi connectivity index (χ1) is 15.4. The Balaban J connectivity index is 3.59. The van der Waals surface area contributed by atoms with Crippen molar-refractivity contribution in [3.63, 3.8) is 0 Å². The highest BCUT2D eigenvalue weighted by molar-refractivity contribution is 7.50. The molecule has 2 unspecified atom stereocenters. The van der Waals surface area contributed by atoms with Crippen LogP contribution in [-0.4, -0.2) is 92.3 Å². The number of nitrogens with one attached hydrogen (secondary N) is 1. The van der Waals surface area contributed by atoms with Crippen LogP contribution in [-0.2, 0) is 37.6 Å². The largest absolute Gasteiger partial charge is 0.779 e. The lowest BCUT2D eigenvalue weighted by atomic mass is 10.1. The van der Waals surface area contributed by atoms with Gasteiger partial charge in [-0.1, -0.05) is 12.8 Å².